The van der Waals surface area contributed by atoms with Crippen LogP contribution in [0.3, 0.4) is 0 Å². The van der Waals surface area contributed by atoms with Crippen molar-refractivity contribution < 1.29 is 19.0 Å². The van der Waals surface area contributed by atoms with Crippen LogP contribution < -0.4 is 15.8 Å². The van der Waals surface area contributed by atoms with Crippen LogP contribution in [0.4, 0.5) is 10.2 Å². The van der Waals surface area contributed by atoms with E-state index in [-0.39, 0.29) is 28.4 Å². The summed E-state index contributed by atoms with van der Waals surface area (Å²) < 4.78 is 23.1. The largest absolute Gasteiger partial charge is 0.489 e. The Bertz CT molecular complexity index is 1340. The third-order valence-electron chi connectivity index (χ3n) is 6.45. The van der Waals surface area contributed by atoms with Crippen molar-refractivity contribution in [2.75, 3.05) is 5.73 Å². The molecular weight excluding hydrogens is 461 g/mol. The van der Waals surface area contributed by atoms with E-state index in [1.165, 1.54) is 6.07 Å². The Labute approximate surface area is 200 Å². The van der Waals surface area contributed by atoms with E-state index >= 15 is 4.39 Å². The number of carbonyl (C=O) groups is 1. The van der Waals surface area contributed by atoms with E-state index in [1.54, 1.807) is 18.5 Å². The predicted molar refractivity (Wildman–Crippen MR) is 126 cm³/mol. The summed E-state index contributed by atoms with van der Waals surface area (Å²) >= 11 is 6.27. The highest BCUT2D eigenvalue weighted by Gasteiger charge is 2.37. The molecule has 0 radical (unpaired) electrons. The van der Waals surface area contributed by atoms with Gasteiger partial charge in [-0.2, -0.15) is 0 Å². The van der Waals surface area contributed by atoms with Gasteiger partial charge in [0.2, 0.25) is 0 Å². The number of aliphatic hydroxyl groups excluding tert-OH is 1. The van der Waals surface area contributed by atoms with Crippen LogP contribution in [0, 0.1) is 12.7 Å². The van der Waals surface area contributed by atoms with Gasteiger partial charge in [0.1, 0.15) is 28.5 Å². The zero-order valence-corrected chi connectivity index (χ0v) is 19.6. The lowest BCUT2D eigenvalue weighted by molar-refractivity contribution is 0.0926. The number of aryl methyl sites for hydroxylation is 1. The molecule has 2 aliphatic rings. The molecular formula is C24H25ClFN5O3. The number of fused-ring (bicyclic) bond motifs is 2. The van der Waals surface area contributed by atoms with Crippen molar-refractivity contribution in [1.82, 2.24) is 19.7 Å². The Hall–Kier alpha value is -3.17. The molecule has 0 bridgehead atoms. The normalized spacial score (nSPS) is 22.1. The zero-order valence-electron chi connectivity index (χ0n) is 18.8. The minimum atomic E-state index is -0.866. The molecule has 178 valence electrons. The van der Waals surface area contributed by atoms with Crippen LogP contribution in [0.1, 0.15) is 66.0 Å². The molecule has 0 saturated heterocycles. The average molecular weight is 486 g/mol. The number of amides is 1. The smallest absolute Gasteiger partial charge is 0.262 e. The monoisotopic (exact) mass is 485 g/mol. The zero-order chi connectivity index (χ0) is 24.1. The van der Waals surface area contributed by atoms with Crippen LogP contribution in [0.2, 0.25) is 5.02 Å². The maximum Gasteiger partial charge on any atom is 0.262 e. The number of aliphatic hydroxyl groups is 1. The number of halogens is 2. The number of hydrogen-bond donors (Lipinski definition) is 3. The summed E-state index contributed by atoms with van der Waals surface area (Å²) in [5.74, 6) is -0.743. The van der Waals surface area contributed by atoms with Crippen molar-refractivity contribution in [3.05, 3.63) is 63.7 Å². The Morgan fingerprint density at radius 3 is 3.00 bits per heavy atom. The van der Waals surface area contributed by atoms with Gasteiger partial charge < -0.3 is 20.9 Å². The second-order valence-corrected chi connectivity index (χ2v) is 9.24. The summed E-state index contributed by atoms with van der Waals surface area (Å²) in [6.45, 7) is 3.70. The first-order valence-corrected chi connectivity index (χ1v) is 11.6. The Morgan fingerprint density at radius 1 is 1.44 bits per heavy atom. The molecule has 0 fully saturated rings. The fourth-order valence-corrected chi connectivity index (χ4v) is 5.08. The van der Waals surface area contributed by atoms with E-state index in [1.807, 2.05) is 18.2 Å². The van der Waals surface area contributed by atoms with Crippen molar-refractivity contribution in [3.8, 4) is 5.75 Å². The highest BCUT2D eigenvalue weighted by molar-refractivity contribution is 6.31. The number of nitrogen functional groups attached to an aromatic ring is 1. The molecule has 5 rings (SSSR count). The first-order valence-electron chi connectivity index (χ1n) is 11.2. The van der Waals surface area contributed by atoms with Gasteiger partial charge in [0.25, 0.3) is 5.91 Å². The second-order valence-electron chi connectivity index (χ2n) is 8.83. The number of nitrogens with two attached hydrogens (primary N) is 1. The molecule has 8 nitrogen and oxygen atoms in total. The quantitative estimate of drug-likeness (QED) is 0.518. The standard InChI is InChI=1S/C24H25ClFN5O3/c1-11-9-14(23-29-12(2)20-22(27)28-7-8-31(20)23)13-10-15(25)19(26)18(21(13)34-11)24(33)30-16-5-3-4-6-17(16)32/h5,7-8,10-11,14,17,32H,3-4,6,9H2,1-2H3,(H2,27,28)(H,30,33)/t11?,14-,17+/m0/s1. The molecule has 10 heteroatoms. The number of aromatic nitrogens is 3. The number of allylic oxidation sites excluding steroid dienone is 1. The predicted octanol–water partition coefficient (Wildman–Crippen LogP) is 3.87. The molecule has 34 heavy (non-hydrogen) atoms. The second kappa shape index (κ2) is 8.56. The summed E-state index contributed by atoms with van der Waals surface area (Å²) in [6, 6.07) is 1.50. The van der Waals surface area contributed by atoms with Crippen LogP contribution in [0.15, 0.2) is 30.2 Å². The lowest BCUT2D eigenvalue weighted by Gasteiger charge is -2.32. The minimum Gasteiger partial charge on any atom is -0.489 e. The number of anilines is 1. The Kier molecular flexibility index (Phi) is 5.69. The van der Waals surface area contributed by atoms with Crippen LogP contribution in [0.5, 0.6) is 5.75 Å². The average Bonchev–Trinajstić information content (AvgIpc) is 3.13. The number of nitrogens with zero attached hydrogens (tertiary/aromatic N) is 3. The molecule has 1 aliphatic carbocycles. The maximum atomic E-state index is 15.3. The lowest BCUT2D eigenvalue weighted by atomic mass is 9.87. The van der Waals surface area contributed by atoms with Gasteiger partial charge in [0.05, 0.1) is 22.9 Å². The lowest BCUT2D eigenvalue weighted by Crippen LogP contribution is -2.34. The number of ether oxygens (including phenoxy) is 1. The molecule has 4 N–H and O–H groups in total. The van der Waals surface area contributed by atoms with Crippen molar-refractivity contribution in [1.29, 1.82) is 0 Å². The van der Waals surface area contributed by atoms with Crippen LogP contribution in [0.25, 0.3) is 5.52 Å². The number of nitrogens with one attached hydrogen (secondary N) is 1. The number of imidazole rings is 1. The molecule has 2 aromatic heterocycles. The van der Waals surface area contributed by atoms with Gasteiger partial charge in [-0.1, -0.05) is 17.7 Å². The molecule has 1 aromatic carbocycles. The van der Waals surface area contributed by atoms with Crippen molar-refractivity contribution in [3.63, 3.8) is 0 Å². The molecule has 3 atom stereocenters. The highest BCUT2D eigenvalue weighted by Crippen LogP contribution is 2.45. The third-order valence-corrected chi connectivity index (χ3v) is 6.72. The fourth-order valence-electron chi connectivity index (χ4n) is 4.87. The molecule has 0 saturated carbocycles. The van der Waals surface area contributed by atoms with Gasteiger partial charge >= 0.3 is 0 Å². The molecule has 3 aromatic rings. The van der Waals surface area contributed by atoms with Gasteiger partial charge in [-0.25, -0.2) is 14.4 Å². The molecule has 1 aliphatic heterocycles. The van der Waals surface area contributed by atoms with Crippen molar-refractivity contribution in [2.24, 2.45) is 0 Å². The first kappa shape index (κ1) is 22.6. The van der Waals surface area contributed by atoms with E-state index in [0.29, 0.717) is 47.0 Å². The van der Waals surface area contributed by atoms with E-state index in [0.717, 1.165) is 12.8 Å². The van der Waals surface area contributed by atoms with Gasteiger partial charge in [0, 0.05) is 29.6 Å². The van der Waals surface area contributed by atoms with Crippen LogP contribution in [-0.2, 0) is 0 Å². The summed E-state index contributed by atoms with van der Waals surface area (Å²) in [4.78, 5) is 22.1. The fraction of sp³-hybridized carbons (Fsp3) is 0.375. The van der Waals surface area contributed by atoms with Crippen LogP contribution in [-0.4, -0.2) is 37.6 Å². The molecule has 3 heterocycles. The van der Waals surface area contributed by atoms with Crippen molar-refractivity contribution >= 4 is 28.8 Å². The Morgan fingerprint density at radius 2 is 2.24 bits per heavy atom. The summed E-state index contributed by atoms with van der Waals surface area (Å²) in [7, 11) is 0. The number of rotatable bonds is 3. The minimum absolute atomic E-state index is 0.130. The van der Waals surface area contributed by atoms with Crippen molar-refractivity contribution in [2.45, 2.75) is 57.7 Å². The van der Waals surface area contributed by atoms with Gasteiger partial charge in [0.15, 0.2) is 5.82 Å². The van der Waals surface area contributed by atoms with Crippen LogP contribution >= 0.6 is 11.6 Å². The van der Waals surface area contributed by atoms with E-state index in [4.69, 9.17) is 27.1 Å². The van der Waals surface area contributed by atoms with Gasteiger partial charge in [-0.05, 0) is 45.6 Å². The number of benzene rings is 1. The van der Waals surface area contributed by atoms with Gasteiger partial charge in [-0.15, -0.1) is 0 Å². The number of carbonyl (C=O) groups excluding carboxylic acids is 1. The molecule has 1 unspecified atom stereocenters. The summed E-state index contributed by atoms with van der Waals surface area (Å²) in [5.41, 5.74) is 8.14. The van der Waals surface area contributed by atoms with E-state index < -0.39 is 17.8 Å². The SMILES string of the molecule is Cc1nc([C@H]2CC(C)Oc3c2cc(Cl)c(F)c3C(=O)NC2=CCCC[C@H]2O)n2ccnc(N)c12. The number of hydrogen-bond acceptors (Lipinski definition) is 6. The topological polar surface area (TPSA) is 115 Å². The Balaban J connectivity index is 1.64. The summed E-state index contributed by atoms with van der Waals surface area (Å²) in [6.07, 6.45) is 6.61. The third kappa shape index (κ3) is 3.69. The molecule has 0 spiro atoms. The van der Waals surface area contributed by atoms with E-state index in [9.17, 15) is 9.90 Å². The highest BCUT2D eigenvalue weighted by atomic mass is 35.5. The van der Waals surface area contributed by atoms with Gasteiger partial charge in [-0.3, -0.25) is 9.20 Å². The maximum absolute atomic E-state index is 15.3. The first-order chi connectivity index (χ1) is 16.3. The van der Waals surface area contributed by atoms with E-state index in [2.05, 4.69) is 10.3 Å². The summed E-state index contributed by atoms with van der Waals surface area (Å²) in [5, 5.41) is 12.7. The molecule has 1 amide bonds.